The zero-order valence-electron chi connectivity index (χ0n) is 10.9. The quantitative estimate of drug-likeness (QED) is 0.874. The van der Waals surface area contributed by atoms with Crippen LogP contribution in [0.25, 0.3) is 0 Å². The highest BCUT2D eigenvalue weighted by Crippen LogP contribution is 2.13. The van der Waals surface area contributed by atoms with E-state index < -0.39 is 0 Å². The lowest BCUT2D eigenvalue weighted by Crippen LogP contribution is -2.07. The van der Waals surface area contributed by atoms with Crippen molar-refractivity contribution in [2.45, 2.75) is 27.3 Å². The van der Waals surface area contributed by atoms with Crippen LogP contribution >= 0.6 is 0 Å². The minimum atomic E-state index is 0.808. The molecule has 0 fully saturated rings. The van der Waals surface area contributed by atoms with Crippen LogP contribution in [0.5, 0.6) is 0 Å². The molecule has 1 N–H and O–H groups in total. The van der Waals surface area contributed by atoms with Crippen molar-refractivity contribution in [1.82, 2.24) is 19.3 Å². The highest BCUT2D eigenvalue weighted by molar-refractivity contribution is 5.30. The van der Waals surface area contributed by atoms with E-state index in [2.05, 4.69) is 39.3 Å². The van der Waals surface area contributed by atoms with Crippen LogP contribution in [0.2, 0.25) is 0 Å². The van der Waals surface area contributed by atoms with Gasteiger partial charge in [0.25, 0.3) is 0 Å². The van der Waals surface area contributed by atoms with Crippen molar-refractivity contribution in [3.05, 3.63) is 29.3 Å². The van der Waals surface area contributed by atoms with Gasteiger partial charge in [0.05, 0.1) is 17.9 Å². The molecule has 17 heavy (non-hydrogen) atoms. The van der Waals surface area contributed by atoms with Crippen molar-refractivity contribution >= 4 is 5.95 Å². The molecule has 5 heteroatoms. The Hall–Kier alpha value is -1.78. The third-order valence-electron chi connectivity index (χ3n) is 2.69. The second kappa shape index (κ2) is 4.61. The van der Waals surface area contributed by atoms with E-state index in [4.69, 9.17) is 0 Å². The Bertz CT molecular complexity index is 509. The first-order valence-electron chi connectivity index (χ1n) is 5.87. The minimum absolute atomic E-state index is 0.808. The highest BCUT2D eigenvalue weighted by atomic mass is 15.3. The Morgan fingerprint density at radius 3 is 2.65 bits per heavy atom. The van der Waals surface area contributed by atoms with Crippen LogP contribution < -0.4 is 5.32 Å². The number of nitrogens with one attached hydrogen (secondary N) is 1. The second-order valence-corrected chi connectivity index (χ2v) is 4.28. The van der Waals surface area contributed by atoms with Crippen molar-refractivity contribution in [3.8, 4) is 0 Å². The Balaban J connectivity index is 2.26. The van der Waals surface area contributed by atoms with Gasteiger partial charge in [-0.3, -0.25) is 4.68 Å². The SMILES string of the molecule is CCNc1nc(C)cn1Cc1cn(C)nc1C. The molecule has 0 saturated carbocycles. The average molecular weight is 233 g/mol. The highest BCUT2D eigenvalue weighted by Gasteiger charge is 2.08. The maximum atomic E-state index is 4.46. The molecule has 0 atom stereocenters. The van der Waals surface area contributed by atoms with Gasteiger partial charge in [0.15, 0.2) is 0 Å². The summed E-state index contributed by atoms with van der Waals surface area (Å²) < 4.78 is 3.98. The van der Waals surface area contributed by atoms with Crippen LogP contribution in [0.1, 0.15) is 23.9 Å². The van der Waals surface area contributed by atoms with Gasteiger partial charge >= 0.3 is 0 Å². The number of aryl methyl sites for hydroxylation is 3. The first-order chi connectivity index (χ1) is 8.10. The smallest absolute Gasteiger partial charge is 0.203 e. The number of aromatic nitrogens is 4. The summed E-state index contributed by atoms with van der Waals surface area (Å²) in [6, 6.07) is 0. The molecule has 2 aromatic rings. The largest absolute Gasteiger partial charge is 0.356 e. The molecule has 2 aromatic heterocycles. The van der Waals surface area contributed by atoms with Crippen molar-refractivity contribution in [3.63, 3.8) is 0 Å². The van der Waals surface area contributed by atoms with Gasteiger partial charge in [-0.05, 0) is 20.8 Å². The summed E-state index contributed by atoms with van der Waals surface area (Å²) >= 11 is 0. The maximum Gasteiger partial charge on any atom is 0.203 e. The van der Waals surface area contributed by atoms with Gasteiger partial charge in [-0.15, -0.1) is 0 Å². The van der Waals surface area contributed by atoms with E-state index in [1.54, 1.807) is 0 Å². The standard InChI is InChI=1S/C12H19N5/c1-5-13-12-14-9(2)6-17(12)8-11-7-16(4)15-10(11)3/h6-7H,5,8H2,1-4H3,(H,13,14). The van der Waals surface area contributed by atoms with Crippen LogP contribution in [0, 0.1) is 13.8 Å². The third kappa shape index (κ3) is 2.49. The lowest BCUT2D eigenvalue weighted by molar-refractivity contribution is 0.755. The topological polar surface area (TPSA) is 47.7 Å². The molecule has 2 rings (SSSR count). The number of anilines is 1. The Labute approximate surface area is 101 Å². The van der Waals surface area contributed by atoms with Gasteiger partial charge in [0.1, 0.15) is 0 Å². The molecule has 0 aromatic carbocycles. The molecular formula is C12H19N5. The van der Waals surface area contributed by atoms with E-state index in [0.29, 0.717) is 0 Å². The van der Waals surface area contributed by atoms with E-state index in [-0.39, 0.29) is 0 Å². The molecular weight excluding hydrogens is 214 g/mol. The first-order valence-corrected chi connectivity index (χ1v) is 5.87. The Morgan fingerprint density at radius 1 is 1.29 bits per heavy atom. The number of nitrogens with zero attached hydrogens (tertiary/aromatic N) is 4. The lowest BCUT2D eigenvalue weighted by atomic mass is 10.2. The molecule has 0 saturated heterocycles. The van der Waals surface area contributed by atoms with Gasteiger partial charge in [-0.2, -0.15) is 5.10 Å². The Kier molecular flexibility index (Phi) is 3.17. The molecule has 0 unspecified atom stereocenters. The minimum Gasteiger partial charge on any atom is -0.356 e. The van der Waals surface area contributed by atoms with E-state index in [1.165, 1.54) is 5.56 Å². The summed E-state index contributed by atoms with van der Waals surface area (Å²) in [6.07, 6.45) is 4.12. The molecule has 2 heterocycles. The Morgan fingerprint density at radius 2 is 2.06 bits per heavy atom. The molecule has 5 nitrogen and oxygen atoms in total. The molecule has 0 aliphatic heterocycles. The van der Waals surface area contributed by atoms with E-state index in [0.717, 1.165) is 30.4 Å². The summed E-state index contributed by atoms with van der Waals surface area (Å²) in [6.45, 7) is 7.80. The van der Waals surface area contributed by atoms with Crippen molar-refractivity contribution < 1.29 is 0 Å². The fourth-order valence-corrected chi connectivity index (χ4v) is 1.95. The van der Waals surface area contributed by atoms with E-state index in [1.807, 2.05) is 25.6 Å². The summed E-state index contributed by atoms with van der Waals surface area (Å²) in [7, 11) is 1.95. The second-order valence-electron chi connectivity index (χ2n) is 4.28. The summed E-state index contributed by atoms with van der Waals surface area (Å²) in [5.74, 6) is 0.924. The van der Waals surface area contributed by atoms with Crippen molar-refractivity contribution in [2.24, 2.45) is 7.05 Å². The van der Waals surface area contributed by atoms with Crippen LogP contribution in [-0.2, 0) is 13.6 Å². The lowest BCUT2D eigenvalue weighted by Gasteiger charge is -2.07. The third-order valence-corrected chi connectivity index (χ3v) is 2.69. The molecule has 0 aliphatic carbocycles. The molecule has 0 bridgehead atoms. The van der Waals surface area contributed by atoms with Crippen LogP contribution in [-0.4, -0.2) is 25.9 Å². The van der Waals surface area contributed by atoms with Gasteiger partial charge < -0.3 is 9.88 Å². The summed E-state index contributed by atoms with van der Waals surface area (Å²) in [4.78, 5) is 4.46. The van der Waals surface area contributed by atoms with Crippen LogP contribution in [0.4, 0.5) is 5.95 Å². The predicted molar refractivity (Wildman–Crippen MR) is 68.2 cm³/mol. The summed E-state index contributed by atoms with van der Waals surface area (Å²) in [5, 5.41) is 7.62. The monoisotopic (exact) mass is 233 g/mol. The number of rotatable bonds is 4. The summed E-state index contributed by atoms with van der Waals surface area (Å²) in [5.41, 5.74) is 3.33. The van der Waals surface area contributed by atoms with E-state index in [9.17, 15) is 0 Å². The zero-order valence-corrected chi connectivity index (χ0v) is 10.9. The van der Waals surface area contributed by atoms with Crippen molar-refractivity contribution in [2.75, 3.05) is 11.9 Å². The molecule has 0 aliphatic rings. The van der Waals surface area contributed by atoms with Gasteiger partial charge in [0.2, 0.25) is 5.95 Å². The molecule has 0 radical (unpaired) electrons. The zero-order chi connectivity index (χ0) is 12.4. The molecule has 0 amide bonds. The fourth-order valence-electron chi connectivity index (χ4n) is 1.95. The maximum absolute atomic E-state index is 4.46. The van der Waals surface area contributed by atoms with Gasteiger partial charge in [-0.25, -0.2) is 4.98 Å². The van der Waals surface area contributed by atoms with Crippen LogP contribution in [0.15, 0.2) is 12.4 Å². The normalized spacial score (nSPS) is 10.8. The molecule has 92 valence electrons. The average Bonchev–Trinajstić information content (AvgIpc) is 2.73. The first kappa shape index (κ1) is 11.7. The number of hydrogen-bond acceptors (Lipinski definition) is 3. The fraction of sp³-hybridized carbons (Fsp3) is 0.500. The van der Waals surface area contributed by atoms with E-state index >= 15 is 0 Å². The number of hydrogen-bond donors (Lipinski definition) is 1. The van der Waals surface area contributed by atoms with Gasteiger partial charge in [-0.1, -0.05) is 0 Å². The van der Waals surface area contributed by atoms with Crippen molar-refractivity contribution in [1.29, 1.82) is 0 Å². The number of imidazole rings is 1. The van der Waals surface area contributed by atoms with Crippen LogP contribution in [0.3, 0.4) is 0 Å². The predicted octanol–water partition coefficient (Wildman–Crippen LogP) is 1.71. The molecule has 0 spiro atoms. The van der Waals surface area contributed by atoms with Gasteiger partial charge in [0, 0.05) is 31.5 Å².